The standard InChI is InChI=1S/C19H20N4O/c1-2-13-20-18-12-14-21-19(23-18)22-15-8-10-17(11-9-15)24-16-6-4-3-5-7-16/h3-12,14H,2,13H2,1H3,(H2,20,21,22,23). The number of para-hydroxylation sites is 1. The molecule has 0 radical (unpaired) electrons. The Morgan fingerprint density at radius 3 is 2.42 bits per heavy atom. The normalized spacial score (nSPS) is 10.2. The average molecular weight is 320 g/mol. The fourth-order valence-corrected chi connectivity index (χ4v) is 2.13. The SMILES string of the molecule is CCCNc1ccnc(Nc2ccc(Oc3ccccc3)cc2)n1. The molecule has 0 bridgehead atoms. The average Bonchev–Trinajstić information content (AvgIpc) is 2.63. The minimum atomic E-state index is 0.563. The van der Waals surface area contributed by atoms with Crippen LogP contribution in [0.2, 0.25) is 0 Å². The summed E-state index contributed by atoms with van der Waals surface area (Å²) in [5.41, 5.74) is 0.906. The van der Waals surface area contributed by atoms with Crippen molar-refractivity contribution in [2.75, 3.05) is 17.2 Å². The van der Waals surface area contributed by atoms with Gasteiger partial charge in [0.1, 0.15) is 17.3 Å². The van der Waals surface area contributed by atoms with Gasteiger partial charge in [-0.25, -0.2) is 4.98 Å². The van der Waals surface area contributed by atoms with Crippen LogP contribution in [0, 0.1) is 0 Å². The van der Waals surface area contributed by atoms with E-state index in [2.05, 4.69) is 27.5 Å². The van der Waals surface area contributed by atoms with Crippen LogP contribution in [0.4, 0.5) is 17.5 Å². The van der Waals surface area contributed by atoms with Crippen molar-refractivity contribution in [2.45, 2.75) is 13.3 Å². The summed E-state index contributed by atoms with van der Waals surface area (Å²) in [6.45, 7) is 3.01. The first-order chi connectivity index (χ1) is 11.8. The molecule has 1 heterocycles. The predicted octanol–water partition coefficient (Wildman–Crippen LogP) is 4.83. The molecule has 122 valence electrons. The number of hydrogen-bond acceptors (Lipinski definition) is 5. The van der Waals surface area contributed by atoms with Gasteiger partial charge in [0.2, 0.25) is 5.95 Å². The van der Waals surface area contributed by atoms with Gasteiger partial charge in [0, 0.05) is 18.4 Å². The molecule has 0 fully saturated rings. The Bertz CT molecular complexity index is 760. The predicted molar refractivity (Wildman–Crippen MR) is 97.1 cm³/mol. The molecule has 0 aliphatic heterocycles. The molecule has 5 heteroatoms. The molecule has 0 amide bonds. The van der Waals surface area contributed by atoms with E-state index in [1.165, 1.54) is 0 Å². The Balaban J connectivity index is 1.64. The fraction of sp³-hybridized carbons (Fsp3) is 0.158. The van der Waals surface area contributed by atoms with Crippen molar-refractivity contribution in [1.82, 2.24) is 9.97 Å². The Hall–Kier alpha value is -3.08. The van der Waals surface area contributed by atoms with Crippen LogP contribution in [-0.4, -0.2) is 16.5 Å². The van der Waals surface area contributed by atoms with Crippen LogP contribution < -0.4 is 15.4 Å². The van der Waals surface area contributed by atoms with Gasteiger partial charge in [0.15, 0.2) is 0 Å². The zero-order chi connectivity index (χ0) is 16.6. The van der Waals surface area contributed by atoms with Gasteiger partial charge in [0.05, 0.1) is 0 Å². The Labute approximate surface area is 141 Å². The Kier molecular flexibility index (Phi) is 5.24. The van der Waals surface area contributed by atoms with Crippen LogP contribution in [0.25, 0.3) is 0 Å². The van der Waals surface area contributed by atoms with Crippen molar-refractivity contribution in [1.29, 1.82) is 0 Å². The molecular formula is C19H20N4O. The highest BCUT2D eigenvalue weighted by atomic mass is 16.5. The molecule has 0 atom stereocenters. The molecule has 3 aromatic rings. The van der Waals surface area contributed by atoms with Crippen molar-refractivity contribution < 1.29 is 4.74 Å². The van der Waals surface area contributed by atoms with Gasteiger partial charge in [-0.3, -0.25) is 0 Å². The smallest absolute Gasteiger partial charge is 0.229 e. The zero-order valence-corrected chi connectivity index (χ0v) is 13.6. The highest BCUT2D eigenvalue weighted by Crippen LogP contribution is 2.23. The van der Waals surface area contributed by atoms with Crippen molar-refractivity contribution in [3.05, 3.63) is 66.9 Å². The molecule has 3 rings (SSSR count). The van der Waals surface area contributed by atoms with E-state index < -0.39 is 0 Å². The van der Waals surface area contributed by atoms with E-state index in [0.29, 0.717) is 5.95 Å². The van der Waals surface area contributed by atoms with Crippen LogP contribution in [0.5, 0.6) is 11.5 Å². The van der Waals surface area contributed by atoms with Gasteiger partial charge < -0.3 is 15.4 Å². The zero-order valence-electron chi connectivity index (χ0n) is 13.6. The maximum absolute atomic E-state index is 5.78. The van der Waals surface area contributed by atoms with Crippen LogP contribution in [0.1, 0.15) is 13.3 Å². The van der Waals surface area contributed by atoms with E-state index in [-0.39, 0.29) is 0 Å². The highest BCUT2D eigenvalue weighted by Gasteiger charge is 2.01. The summed E-state index contributed by atoms with van der Waals surface area (Å²) in [4.78, 5) is 8.67. The fourth-order valence-electron chi connectivity index (χ4n) is 2.13. The molecule has 0 aliphatic carbocycles. The Morgan fingerprint density at radius 1 is 0.917 bits per heavy atom. The van der Waals surface area contributed by atoms with E-state index in [1.807, 2.05) is 60.7 Å². The molecule has 2 N–H and O–H groups in total. The number of benzene rings is 2. The van der Waals surface area contributed by atoms with E-state index in [4.69, 9.17) is 4.74 Å². The van der Waals surface area contributed by atoms with Gasteiger partial charge in [-0.1, -0.05) is 25.1 Å². The second-order valence-electron chi connectivity index (χ2n) is 5.26. The molecule has 1 aromatic heterocycles. The van der Waals surface area contributed by atoms with Gasteiger partial charge in [-0.15, -0.1) is 0 Å². The van der Waals surface area contributed by atoms with Gasteiger partial charge in [0.25, 0.3) is 0 Å². The third-order valence-electron chi connectivity index (χ3n) is 3.30. The summed E-state index contributed by atoms with van der Waals surface area (Å²) in [5, 5.41) is 6.44. The number of hydrogen-bond donors (Lipinski definition) is 2. The molecule has 0 unspecified atom stereocenters. The van der Waals surface area contributed by atoms with Crippen LogP contribution >= 0.6 is 0 Å². The topological polar surface area (TPSA) is 59.1 Å². The minimum Gasteiger partial charge on any atom is -0.457 e. The minimum absolute atomic E-state index is 0.563. The molecular weight excluding hydrogens is 300 g/mol. The highest BCUT2D eigenvalue weighted by molar-refractivity contribution is 5.56. The molecule has 2 aromatic carbocycles. The number of anilines is 3. The van der Waals surface area contributed by atoms with Crippen LogP contribution in [-0.2, 0) is 0 Å². The maximum atomic E-state index is 5.78. The van der Waals surface area contributed by atoms with Crippen molar-refractivity contribution >= 4 is 17.5 Å². The summed E-state index contributed by atoms with van der Waals surface area (Å²) in [7, 11) is 0. The van der Waals surface area contributed by atoms with Crippen molar-refractivity contribution in [3.8, 4) is 11.5 Å². The van der Waals surface area contributed by atoms with E-state index >= 15 is 0 Å². The summed E-state index contributed by atoms with van der Waals surface area (Å²) in [5.74, 6) is 2.98. The number of nitrogens with one attached hydrogen (secondary N) is 2. The molecule has 0 saturated carbocycles. The quantitative estimate of drug-likeness (QED) is 0.652. The summed E-state index contributed by atoms with van der Waals surface area (Å²) >= 11 is 0. The molecule has 0 spiro atoms. The lowest BCUT2D eigenvalue weighted by Gasteiger charge is -2.09. The van der Waals surface area contributed by atoms with Gasteiger partial charge >= 0.3 is 0 Å². The molecule has 0 saturated heterocycles. The molecule has 24 heavy (non-hydrogen) atoms. The molecule has 5 nitrogen and oxygen atoms in total. The largest absolute Gasteiger partial charge is 0.457 e. The number of aromatic nitrogens is 2. The third kappa shape index (κ3) is 4.46. The first-order valence-corrected chi connectivity index (χ1v) is 8.00. The number of rotatable bonds is 7. The first kappa shape index (κ1) is 15.8. The van der Waals surface area contributed by atoms with Gasteiger partial charge in [-0.2, -0.15) is 4.98 Å². The third-order valence-corrected chi connectivity index (χ3v) is 3.30. The van der Waals surface area contributed by atoms with E-state index in [1.54, 1.807) is 6.20 Å². The van der Waals surface area contributed by atoms with Crippen LogP contribution in [0.15, 0.2) is 66.9 Å². The monoisotopic (exact) mass is 320 g/mol. The van der Waals surface area contributed by atoms with Crippen molar-refractivity contribution in [2.24, 2.45) is 0 Å². The lowest BCUT2D eigenvalue weighted by atomic mass is 10.3. The first-order valence-electron chi connectivity index (χ1n) is 8.00. The second kappa shape index (κ2) is 7.97. The summed E-state index contributed by atoms with van der Waals surface area (Å²) in [6, 6.07) is 19.3. The maximum Gasteiger partial charge on any atom is 0.229 e. The van der Waals surface area contributed by atoms with Crippen LogP contribution in [0.3, 0.4) is 0 Å². The van der Waals surface area contributed by atoms with Gasteiger partial charge in [-0.05, 0) is 48.9 Å². The van der Waals surface area contributed by atoms with E-state index in [0.717, 1.165) is 36.0 Å². The van der Waals surface area contributed by atoms with Crippen molar-refractivity contribution in [3.63, 3.8) is 0 Å². The Morgan fingerprint density at radius 2 is 1.67 bits per heavy atom. The second-order valence-corrected chi connectivity index (χ2v) is 5.26. The summed E-state index contributed by atoms with van der Waals surface area (Å²) in [6.07, 6.45) is 2.79. The lowest BCUT2D eigenvalue weighted by Crippen LogP contribution is -2.04. The van der Waals surface area contributed by atoms with E-state index in [9.17, 15) is 0 Å². The summed E-state index contributed by atoms with van der Waals surface area (Å²) < 4.78 is 5.78. The number of ether oxygens (including phenoxy) is 1. The molecule has 0 aliphatic rings. The lowest BCUT2D eigenvalue weighted by molar-refractivity contribution is 0.483. The number of nitrogens with zero attached hydrogens (tertiary/aromatic N) is 2.